The summed E-state index contributed by atoms with van der Waals surface area (Å²) in [6, 6.07) is 129. The smallest absolute Gasteiger partial charge is 0.252 e. The molecule has 5 nitrogen and oxygen atoms in total. The van der Waals surface area contributed by atoms with Gasteiger partial charge in [0.05, 0.1) is 22.4 Å². The lowest BCUT2D eigenvalue weighted by atomic mass is 9.33. The summed E-state index contributed by atoms with van der Waals surface area (Å²) in [5, 5.41) is 2.37. The van der Waals surface area contributed by atoms with E-state index in [1.807, 2.05) is 0 Å². The van der Waals surface area contributed by atoms with Gasteiger partial charge < -0.3 is 24.2 Å². The molecule has 0 aliphatic carbocycles. The van der Waals surface area contributed by atoms with E-state index in [4.69, 9.17) is 0 Å². The molecule has 0 spiro atoms. The number of anilines is 12. The first-order valence-corrected chi connectivity index (χ1v) is 30.9. The Morgan fingerprint density at radius 1 is 0.244 bits per heavy atom. The van der Waals surface area contributed by atoms with Crippen molar-refractivity contribution in [2.75, 3.05) is 19.6 Å². The highest BCUT2D eigenvalue weighted by atomic mass is 15.2. The van der Waals surface area contributed by atoms with Crippen LogP contribution in [0.25, 0.3) is 60.9 Å². The third-order valence-electron chi connectivity index (χ3n) is 18.1. The molecule has 90 heavy (non-hydrogen) atoms. The van der Waals surface area contributed by atoms with Crippen LogP contribution in [0, 0.1) is 0 Å². The van der Waals surface area contributed by atoms with Crippen molar-refractivity contribution < 1.29 is 0 Å². The quantitative estimate of drug-likeness (QED) is 0.113. The number of nitrogens with zero attached hydrogens (tertiary/aromatic N) is 5. The highest BCUT2D eigenvalue weighted by Gasteiger charge is 2.45. The van der Waals surface area contributed by atoms with Crippen LogP contribution in [-0.4, -0.2) is 11.3 Å². The third-order valence-corrected chi connectivity index (χ3v) is 18.1. The zero-order valence-electron chi connectivity index (χ0n) is 49.3. The van der Waals surface area contributed by atoms with E-state index in [1.54, 1.807) is 0 Å². The summed E-state index contributed by atoms with van der Waals surface area (Å²) in [7, 11) is 0. The average molecular weight is 1150 g/mol. The van der Waals surface area contributed by atoms with Crippen molar-refractivity contribution in [3.05, 3.63) is 352 Å². The van der Waals surface area contributed by atoms with Crippen molar-refractivity contribution in [3.8, 4) is 39.1 Å². The number of benzene rings is 14. The van der Waals surface area contributed by atoms with Crippen LogP contribution in [-0.2, 0) is 0 Å². The van der Waals surface area contributed by atoms with Crippen molar-refractivity contribution >= 4 is 113 Å². The Morgan fingerprint density at radius 3 is 1.22 bits per heavy atom. The zero-order valence-corrected chi connectivity index (χ0v) is 49.3. The molecule has 0 saturated heterocycles. The predicted octanol–water partition coefficient (Wildman–Crippen LogP) is 20.8. The molecule has 14 aromatic carbocycles. The molecule has 422 valence electrons. The van der Waals surface area contributed by atoms with Gasteiger partial charge in [0.1, 0.15) is 0 Å². The van der Waals surface area contributed by atoms with Gasteiger partial charge in [0, 0.05) is 73.3 Å². The summed E-state index contributed by atoms with van der Waals surface area (Å²) >= 11 is 0. The fourth-order valence-electron chi connectivity index (χ4n) is 14.1. The minimum atomic E-state index is -0.215. The van der Waals surface area contributed by atoms with Crippen molar-refractivity contribution in [2.24, 2.45) is 0 Å². The molecule has 2 aliphatic heterocycles. The summed E-state index contributed by atoms with van der Waals surface area (Å²) in [5.74, 6) is 0. The van der Waals surface area contributed by atoms with Gasteiger partial charge in [0.2, 0.25) is 0 Å². The van der Waals surface area contributed by atoms with E-state index in [2.05, 4.69) is 376 Å². The second-order valence-electron chi connectivity index (χ2n) is 23.3. The maximum atomic E-state index is 2.61. The molecule has 3 heterocycles. The first-order valence-electron chi connectivity index (χ1n) is 30.9. The van der Waals surface area contributed by atoms with Gasteiger partial charge in [-0.15, -0.1) is 0 Å². The SMILES string of the molecule is c1ccc(-c2ccc(N3c4cc(N(c5ccccc5)c5ccccc5)cc5c4B(c4ccc(N(c6ccccc6)c6ccccc6)cc4N5c4cccc(-c5ccccc5)c4)c4ccc5c(c43)c3ccccc3n5-c3cccc(-c4ccccc4)c3)cc2)cc1. The molecule has 0 unspecified atom stereocenters. The molecule has 0 N–H and O–H groups in total. The number of aromatic nitrogens is 1. The molecule has 2 aliphatic rings. The number of hydrogen-bond donors (Lipinski definition) is 0. The molecular formula is C84H58BN5. The molecule has 0 fully saturated rings. The average Bonchev–Trinajstić information content (AvgIpc) is 1.09. The Labute approximate surface area is 525 Å². The van der Waals surface area contributed by atoms with Crippen LogP contribution in [0.15, 0.2) is 352 Å². The number of fused-ring (bicyclic) bond motifs is 8. The molecule has 0 bridgehead atoms. The minimum Gasteiger partial charge on any atom is -0.311 e. The Bertz CT molecular complexity index is 5040. The molecule has 0 amide bonds. The van der Waals surface area contributed by atoms with Gasteiger partial charge in [-0.25, -0.2) is 0 Å². The van der Waals surface area contributed by atoms with Gasteiger partial charge in [0.15, 0.2) is 0 Å². The lowest BCUT2D eigenvalue weighted by molar-refractivity contribution is 1.18. The van der Waals surface area contributed by atoms with Crippen molar-refractivity contribution in [1.82, 2.24) is 4.57 Å². The first kappa shape index (κ1) is 52.5. The summed E-state index contributed by atoms with van der Waals surface area (Å²) in [6.07, 6.45) is 0. The van der Waals surface area contributed by atoms with Crippen LogP contribution in [0.3, 0.4) is 0 Å². The maximum absolute atomic E-state index is 2.61. The van der Waals surface area contributed by atoms with Gasteiger partial charge >= 0.3 is 0 Å². The zero-order chi connectivity index (χ0) is 59.5. The topological polar surface area (TPSA) is 17.9 Å². The molecule has 0 saturated carbocycles. The van der Waals surface area contributed by atoms with Crippen molar-refractivity contribution in [3.63, 3.8) is 0 Å². The van der Waals surface area contributed by atoms with Gasteiger partial charge in [-0.3, -0.25) is 0 Å². The summed E-state index contributed by atoms with van der Waals surface area (Å²) in [4.78, 5) is 10.0. The highest BCUT2D eigenvalue weighted by Crippen LogP contribution is 2.52. The fourth-order valence-corrected chi connectivity index (χ4v) is 14.1. The summed E-state index contributed by atoms with van der Waals surface area (Å²) in [5.41, 5.74) is 27.0. The molecule has 0 radical (unpaired) electrons. The minimum absolute atomic E-state index is 0.215. The summed E-state index contributed by atoms with van der Waals surface area (Å²) < 4.78 is 2.49. The largest absolute Gasteiger partial charge is 0.311 e. The van der Waals surface area contributed by atoms with Crippen LogP contribution in [0.5, 0.6) is 0 Å². The Kier molecular flexibility index (Phi) is 12.9. The highest BCUT2D eigenvalue weighted by molar-refractivity contribution is 7.00. The van der Waals surface area contributed by atoms with Crippen LogP contribution < -0.4 is 36.0 Å². The van der Waals surface area contributed by atoms with E-state index in [0.29, 0.717) is 0 Å². The molecule has 0 atom stereocenters. The van der Waals surface area contributed by atoms with Gasteiger partial charge in [-0.2, -0.15) is 0 Å². The second kappa shape index (κ2) is 22.1. The van der Waals surface area contributed by atoms with Crippen molar-refractivity contribution in [1.29, 1.82) is 0 Å². The van der Waals surface area contributed by atoms with Crippen LogP contribution in [0.2, 0.25) is 0 Å². The predicted molar refractivity (Wildman–Crippen MR) is 380 cm³/mol. The molecule has 6 heteroatoms. The van der Waals surface area contributed by atoms with E-state index < -0.39 is 0 Å². The monoisotopic (exact) mass is 1150 g/mol. The maximum Gasteiger partial charge on any atom is 0.252 e. The Balaban J connectivity index is 1.01. The van der Waals surface area contributed by atoms with E-state index in [9.17, 15) is 0 Å². The van der Waals surface area contributed by atoms with Crippen LogP contribution in [0.4, 0.5) is 68.2 Å². The van der Waals surface area contributed by atoms with Crippen LogP contribution in [0.1, 0.15) is 0 Å². The van der Waals surface area contributed by atoms with Crippen LogP contribution >= 0.6 is 0 Å². The fraction of sp³-hybridized carbons (Fsp3) is 0. The van der Waals surface area contributed by atoms with E-state index in [0.717, 1.165) is 102 Å². The van der Waals surface area contributed by atoms with Crippen molar-refractivity contribution in [2.45, 2.75) is 0 Å². The lowest BCUT2D eigenvalue weighted by Gasteiger charge is -2.45. The number of para-hydroxylation sites is 5. The lowest BCUT2D eigenvalue weighted by Crippen LogP contribution is -2.61. The second-order valence-corrected chi connectivity index (χ2v) is 23.3. The van der Waals surface area contributed by atoms with Gasteiger partial charge in [-0.05, 0) is 171 Å². The molecule has 1 aromatic heterocycles. The van der Waals surface area contributed by atoms with E-state index in [-0.39, 0.29) is 6.71 Å². The molecular weight excluding hydrogens is 1090 g/mol. The normalized spacial score (nSPS) is 12.2. The van der Waals surface area contributed by atoms with E-state index in [1.165, 1.54) is 43.9 Å². The number of rotatable bonds is 12. The third kappa shape index (κ3) is 8.95. The van der Waals surface area contributed by atoms with Gasteiger partial charge in [0.25, 0.3) is 6.71 Å². The Hall–Kier alpha value is -11.9. The first-order chi connectivity index (χ1) is 44.7. The standard InChI is InChI=1S/C84H58BN5/c1-8-26-59(27-9-1)62-46-48-69(49-47-62)90-81-58-73(87(67-38-18-6-19-39-67)68-40-20-7-21-41-68)57-80-83(81)85(76-52-53-78-82(84(76)90)74-44-22-23-45-77(74)88(78)70-42-24-32-63(54-70)60-28-10-2-11-29-60)75-51-50-72(86(65-34-14-4-15-35-65)66-36-16-5-17-37-66)56-79(75)89(80)71-43-25-33-64(55-71)61-30-12-3-13-31-61/h1-58H. The number of hydrogen-bond acceptors (Lipinski definition) is 4. The molecule has 17 rings (SSSR count). The molecule has 15 aromatic rings. The van der Waals surface area contributed by atoms with Gasteiger partial charge in [-0.1, -0.05) is 231 Å². The summed E-state index contributed by atoms with van der Waals surface area (Å²) in [6.45, 7) is -0.215. The van der Waals surface area contributed by atoms with E-state index >= 15 is 0 Å². The Morgan fingerprint density at radius 2 is 0.667 bits per heavy atom.